The van der Waals surface area contributed by atoms with Gasteiger partial charge in [0.15, 0.2) is 0 Å². The molecule has 2 aliphatic rings. The van der Waals surface area contributed by atoms with Crippen molar-refractivity contribution < 1.29 is 4.79 Å². The first-order chi connectivity index (χ1) is 12.7. The molecule has 3 rings (SSSR count). The van der Waals surface area contributed by atoms with Gasteiger partial charge < -0.3 is 16.0 Å². The lowest BCUT2D eigenvalue weighted by Crippen LogP contribution is -2.38. The average Bonchev–Trinajstić information content (AvgIpc) is 2.97. The van der Waals surface area contributed by atoms with Crippen molar-refractivity contribution in [1.82, 2.24) is 10.3 Å². The van der Waals surface area contributed by atoms with Crippen LogP contribution in [0.25, 0.3) is 0 Å². The Balaban J connectivity index is 1.48. The smallest absolute Gasteiger partial charge is 0.220 e. The lowest BCUT2D eigenvalue weighted by molar-refractivity contribution is -0.124. The van der Waals surface area contributed by atoms with Crippen LogP contribution in [-0.2, 0) is 11.3 Å². The van der Waals surface area contributed by atoms with Crippen molar-refractivity contribution in [2.75, 3.05) is 24.5 Å². The summed E-state index contributed by atoms with van der Waals surface area (Å²) in [6.45, 7) is 3.37. The molecule has 144 valence electrons. The number of nitrogens with one attached hydrogen (secondary N) is 1. The van der Waals surface area contributed by atoms with E-state index in [1.807, 2.05) is 6.20 Å². The molecular weight excluding hydrogens is 324 g/mol. The number of carbonyl (C=O) groups is 1. The van der Waals surface area contributed by atoms with Crippen LogP contribution in [-0.4, -0.2) is 30.5 Å². The van der Waals surface area contributed by atoms with Crippen LogP contribution in [0.2, 0.25) is 0 Å². The first-order valence-electron chi connectivity index (χ1n) is 10.4. The van der Waals surface area contributed by atoms with Crippen molar-refractivity contribution in [2.24, 2.45) is 11.1 Å². The van der Waals surface area contributed by atoms with Crippen molar-refractivity contribution in [1.29, 1.82) is 0 Å². The van der Waals surface area contributed by atoms with Gasteiger partial charge in [0.1, 0.15) is 5.82 Å². The summed E-state index contributed by atoms with van der Waals surface area (Å²) in [6.07, 6.45) is 13.5. The minimum atomic E-state index is 0.0250. The largest absolute Gasteiger partial charge is 0.357 e. The van der Waals surface area contributed by atoms with Crippen molar-refractivity contribution in [2.45, 2.75) is 70.8 Å². The zero-order valence-corrected chi connectivity index (χ0v) is 16.0. The number of anilines is 1. The van der Waals surface area contributed by atoms with E-state index >= 15 is 0 Å². The molecule has 5 nitrogen and oxygen atoms in total. The fourth-order valence-electron chi connectivity index (χ4n) is 4.37. The van der Waals surface area contributed by atoms with Gasteiger partial charge in [-0.15, -0.1) is 0 Å². The minimum Gasteiger partial charge on any atom is -0.357 e. The number of carbonyl (C=O) groups excluding carboxylic acids is 1. The molecule has 0 radical (unpaired) electrons. The SMILES string of the molecule is NCC1(CC(=O)NCc2ccc(N3CCCCCC3)nc2)CCCCC1. The van der Waals surface area contributed by atoms with Crippen LogP contribution in [0.3, 0.4) is 0 Å². The summed E-state index contributed by atoms with van der Waals surface area (Å²) >= 11 is 0. The quantitative estimate of drug-likeness (QED) is 0.818. The van der Waals surface area contributed by atoms with Gasteiger partial charge in [0.25, 0.3) is 0 Å². The van der Waals surface area contributed by atoms with Crippen LogP contribution in [0, 0.1) is 5.41 Å². The van der Waals surface area contributed by atoms with E-state index in [-0.39, 0.29) is 11.3 Å². The first kappa shape index (κ1) is 19.2. The number of nitrogens with zero attached hydrogens (tertiary/aromatic N) is 2. The maximum atomic E-state index is 12.4. The molecule has 0 bridgehead atoms. The Morgan fingerprint density at radius 1 is 1.08 bits per heavy atom. The van der Waals surface area contributed by atoms with E-state index in [9.17, 15) is 4.79 Å². The molecule has 0 unspecified atom stereocenters. The van der Waals surface area contributed by atoms with Crippen LogP contribution in [0.15, 0.2) is 18.3 Å². The third kappa shape index (κ3) is 5.19. The number of aromatic nitrogens is 1. The van der Waals surface area contributed by atoms with Gasteiger partial charge in [-0.2, -0.15) is 0 Å². The van der Waals surface area contributed by atoms with Gasteiger partial charge in [0.05, 0.1) is 0 Å². The Morgan fingerprint density at radius 3 is 2.38 bits per heavy atom. The predicted molar refractivity (Wildman–Crippen MR) is 106 cm³/mol. The number of nitrogens with two attached hydrogens (primary N) is 1. The van der Waals surface area contributed by atoms with E-state index in [1.54, 1.807) is 0 Å². The second kappa shape index (κ2) is 9.36. The number of rotatable bonds is 6. The molecule has 1 saturated heterocycles. The third-order valence-corrected chi connectivity index (χ3v) is 6.11. The van der Waals surface area contributed by atoms with E-state index < -0.39 is 0 Å². The second-order valence-corrected chi connectivity index (χ2v) is 8.14. The Labute approximate surface area is 157 Å². The zero-order chi connectivity index (χ0) is 18.2. The fraction of sp³-hybridized carbons (Fsp3) is 0.714. The fourth-order valence-corrected chi connectivity index (χ4v) is 4.37. The summed E-state index contributed by atoms with van der Waals surface area (Å²) in [4.78, 5) is 19.4. The molecule has 1 aromatic rings. The van der Waals surface area contributed by atoms with E-state index in [2.05, 4.69) is 27.3 Å². The molecule has 5 heteroatoms. The van der Waals surface area contributed by atoms with Crippen LogP contribution >= 0.6 is 0 Å². The van der Waals surface area contributed by atoms with Crippen LogP contribution < -0.4 is 16.0 Å². The minimum absolute atomic E-state index is 0.0250. The van der Waals surface area contributed by atoms with Crippen LogP contribution in [0.5, 0.6) is 0 Å². The maximum Gasteiger partial charge on any atom is 0.220 e. The number of pyridine rings is 1. The molecule has 0 spiro atoms. The number of hydrogen-bond acceptors (Lipinski definition) is 4. The molecular formula is C21H34N4O. The molecule has 1 aliphatic carbocycles. The number of amides is 1. The van der Waals surface area contributed by atoms with Crippen molar-refractivity contribution in [3.05, 3.63) is 23.9 Å². The lowest BCUT2D eigenvalue weighted by Gasteiger charge is -2.35. The highest BCUT2D eigenvalue weighted by atomic mass is 16.1. The highest BCUT2D eigenvalue weighted by Crippen LogP contribution is 2.38. The maximum absolute atomic E-state index is 12.4. The molecule has 26 heavy (non-hydrogen) atoms. The van der Waals surface area contributed by atoms with Crippen molar-refractivity contribution >= 4 is 11.7 Å². The molecule has 2 fully saturated rings. The normalized spacial score (nSPS) is 20.4. The Morgan fingerprint density at radius 2 is 1.77 bits per heavy atom. The van der Waals surface area contributed by atoms with Crippen molar-refractivity contribution in [3.63, 3.8) is 0 Å². The lowest BCUT2D eigenvalue weighted by atomic mass is 9.71. The second-order valence-electron chi connectivity index (χ2n) is 8.14. The van der Waals surface area contributed by atoms with Gasteiger partial charge >= 0.3 is 0 Å². The monoisotopic (exact) mass is 358 g/mol. The van der Waals surface area contributed by atoms with Gasteiger partial charge in [-0.05, 0) is 49.3 Å². The zero-order valence-electron chi connectivity index (χ0n) is 16.0. The molecule has 2 heterocycles. The Kier molecular flexibility index (Phi) is 6.89. The van der Waals surface area contributed by atoms with Gasteiger partial charge in [-0.25, -0.2) is 4.98 Å². The topological polar surface area (TPSA) is 71.2 Å². The average molecular weight is 359 g/mol. The predicted octanol–water partition coefficient (Wildman–Crippen LogP) is 3.38. The van der Waals surface area contributed by atoms with E-state index in [0.29, 0.717) is 19.5 Å². The van der Waals surface area contributed by atoms with Gasteiger partial charge in [0.2, 0.25) is 5.91 Å². The molecule has 1 aromatic heterocycles. The summed E-state index contributed by atoms with van der Waals surface area (Å²) in [5, 5.41) is 3.07. The molecule has 1 aliphatic heterocycles. The van der Waals surface area contributed by atoms with E-state index in [4.69, 9.17) is 5.73 Å². The summed E-state index contributed by atoms with van der Waals surface area (Å²) in [6, 6.07) is 4.18. The van der Waals surface area contributed by atoms with E-state index in [0.717, 1.165) is 37.3 Å². The molecule has 1 amide bonds. The summed E-state index contributed by atoms with van der Waals surface area (Å²) in [7, 11) is 0. The third-order valence-electron chi connectivity index (χ3n) is 6.11. The highest BCUT2D eigenvalue weighted by Gasteiger charge is 2.32. The Bertz CT molecular complexity index is 558. The van der Waals surface area contributed by atoms with Gasteiger partial charge in [-0.1, -0.05) is 38.2 Å². The van der Waals surface area contributed by atoms with Crippen molar-refractivity contribution in [3.8, 4) is 0 Å². The molecule has 1 saturated carbocycles. The first-order valence-corrected chi connectivity index (χ1v) is 10.4. The van der Waals surface area contributed by atoms with E-state index in [1.165, 1.54) is 44.9 Å². The van der Waals surface area contributed by atoms with Gasteiger partial charge in [-0.3, -0.25) is 4.79 Å². The molecule has 0 aromatic carbocycles. The summed E-state index contributed by atoms with van der Waals surface area (Å²) < 4.78 is 0. The van der Waals surface area contributed by atoms with Crippen LogP contribution in [0.4, 0.5) is 5.82 Å². The summed E-state index contributed by atoms with van der Waals surface area (Å²) in [5.74, 6) is 1.18. The Hall–Kier alpha value is -1.62. The molecule has 0 atom stereocenters. The van der Waals surface area contributed by atoms with Crippen LogP contribution in [0.1, 0.15) is 69.8 Å². The molecule has 3 N–H and O–H groups in total. The number of hydrogen-bond donors (Lipinski definition) is 2. The standard InChI is InChI=1S/C21H34N4O/c22-17-21(10-4-3-5-11-21)14-20(26)24-16-18-8-9-19(23-15-18)25-12-6-1-2-7-13-25/h8-9,15H,1-7,10-14,16-17,22H2,(H,24,26). The van der Waals surface area contributed by atoms with Gasteiger partial charge in [0, 0.05) is 32.3 Å². The highest BCUT2D eigenvalue weighted by molar-refractivity contribution is 5.76. The summed E-state index contributed by atoms with van der Waals surface area (Å²) in [5.41, 5.74) is 7.08.